The van der Waals surface area contributed by atoms with Gasteiger partial charge in [0.25, 0.3) is 0 Å². The Morgan fingerprint density at radius 1 is 1.05 bits per heavy atom. The maximum absolute atomic E-state index is 6.22. The molecule has 1 atom stereocenters. The van der Waals surface area contributed by atoms with Gasteiger partial charge in [-0.25, -0.2) is 0 Å². The number of halogens is 1. The molecule has 1 nitrogen and oxygen atoms in total. The Hall–Kier alpha value is -0.530. The molecule has 20 heavy (non-hydrogen) atoms. The van der Waals surface area contributed by atoms with Gasteiger partial charge in [0.15, 0.2) is 0 Å². The second-order valence-electron chi connectivity index (χ2n) is 8.48. The van der Waals surface area contributed by atoms with Crippen LogP contribution in [0, 0.1) is 16.2 Å². The van der Waals surface area contributed by atoms with Gasteiger partial charge < -0.3 is 5.32 Å². The molecule has 0 spiro atoms. The number of rotatable bonds is 2. The number of nitrogens with one attached hydrogen (secondary N) is 1. The molecule has 0 saturated heterocycles. The highest BCUT2D eigenvalue weighted by molar-refractivity contribution is 6.30. The molecule has 0 aliphatic heterocycles. The average molecular weight is 292 g/mol. The van der Waals surface area contributed by atoms with Gasteiger partial charge in [-0.1, -0.05) is 59.2 Å². The molecule has 1 aromatic rings. The lowest BCUT2D eigenvalue weighted by atomic mass is 9.85. The molecule has 1 unspecified atom stereocenters. The Bertz CT molecular complexity index is 543. The second kappa shape index (κ2) is 4.01. The van der Waals surface area contributed by atoms with E-state index in [1.165, 1.54) is 11.1 Å². The van der Waals surface area contributed by atoms with Gasteiger partial charge in [0.05, 0.1) is 0 Å². The van der Waals surface area contributed by atoms with E-state index in [0.29, 0.717) is 22.9 Å². The van der Waals surface area contributed by atoms with Crippen molar-refractivity contribution in [2.24, 2.45) is 16.2 Å². The van der Waals surface area contributed by atoms with Gasteiger partial charge in [0, 0.05) is 17.1 Å². The van der Waals surface area contributed by atoms with Crippen molar-refractivity contribution in [1.82, 2.24) is 5.32 Å². The van der Waals surface area contributed by atoms with Gasteiger partial charge in [-0.2, -0.15) is 0 Å². The topological polar surface area (TPSA) is 12.0 Å². The zero-order chi connectivity index (χ0) is 14.9. The van der Waals surface area contributed by atoms with E-state index < -0.39 is 0 Å². The van der Waals surface area contributed by atoms with Crippen molar-refractivity contribution in [2.75, 3.05) is 0 Å². The fourth-order valence-corrected chi connectivity index (χ4v) is 4.29. The molecule has 0 heterocycles. The molecule has 1 N–H and O–H groups in total. The number of benzene rings is 1. The lowest BCUT2D eigenvalue weighted by Crippen LogP contribution is -2.35. The summed E-state index contributed by atoms with van der Waals surface area (Å²) in [6.07, 6.45) is 1.13. The molecular formula is C18H26ClN. The fourth-order valence-electron chi connectivity index (χ4n) is 4.10. The lowest BCUT2D eigenvalue weighted by molar-refractivity contribution is 0.257. The predicted octanol–water partition coefficient (Wildman–Crippen LogP) is 4.99. The van der Waals surface area contributed by atoms with Crippen LogP contribution in [0.1, 0.15) is 58.7 Å². The van der Waals surface area contributed by atoms with Gasteiger partial charge in [0.1, 0.15) is 0 Å². The molecule has 110 valence electrons. The summed E-state index contributed by atoms with van der Waals surface area (Å²) in [5.74, 6) is 0. The second-order valence-corrected chi connectivity index (χ2v) is 8.92. The largest absolute Gasteiger partial charge is 0.306 e. The van der Waals surface area contributed by atoms with Crippen LogP contribution in [0.5, 0.6) is 0 Å². The van der Waals surface area contributed by atoms with Crippen LogP contribution in [0.15, 0.2) is 18.2 Å². The summed E-state index contributed by atoms with van der Waals surface area (Å²) in [4.78, 5) is 0. The Morgan fingerprint density at radius 2 is 1.65 bits per heavy atom. The number of fused-ring (bicyclic) bond motifs is 1. The van der Waals surface area contributed by atoms with Crippen molar-refractivity contribution in [1.29, 1.82) is 0 Å². The van der Waals surface area contributed by atoms with E-state index in [0.717, 1.165) is 11.4 Å². The molecule has 1 aromatic carbocycles. The normalized spacial score (nSPS) is 29.2. The summed E-state index contributed by atoms with van der Waals surface area (Å²) in [5.41, 5.74) is 3.84. The quantitative estimate of drug-likeness (QED) is 0.809. The van der Waals surface area contributed by atoms with E-state index in [1.807, 2.05) is 6.07 Å². The minimum absolute atomic E-state index is 0.252. The first-order valence-corrected chi connectivity index (χ1v) is 7.99. The molecule has 3 rings (SSSR count). The number of hydrogen-bond donors (Lipinski definition) is 1. The third-order valence-corrected chi connectivity index (χ3v) is 6.44. The Labute approximate surface area is 128 Å². The zero-order valence-corrected chi connectivity index (χ0v) is 14.2. The van der Waals surface area contributed by atoms with Crippen molar-refractivity contribution < 1.29 is 0 Å². The fraction of sp³-hybridized carbons (Fsp3) is 0.667. The van der Waals surface area contributed by atoms with Crippen LogP contribution in [-0.4, -0.2) is 6.04 Å². The molecule has 2 aliphatic rings. The highest BCUT2D eigenvalue weighted by atomic mass is 35.5. The Balaban J connectivity index is 1.92. The van der Waals surface area contributed by atoms with Crippen molar-refractivity contribution in [3.05, 3.63) is 34.3 Å². The molecule has 2 aliphatic carbocycles. The Kier molecular flexibility index (Phi) is 2.89. The Morgan fingerprint density at radius 3 is 2.20 bits per heavy atom. The molecule has 0 radical (unpaired) electrons. The van der Waals surface area contributed by atoms with Crippen LogP contribution in [0.2, 0.25) is 5.02 Å². The van der Waals surface area contributed by atoms with Gasteiger partial charge in [-0.15, -0.1) is 0 Å². The first-order chi connectivity index (χ1) is 9.07. The van der Waals surface area contributed by atoms with E-state index >= 15 is 0 Å². The first kappa shape index (κ1) is 14.4. The minimum Gasteiger partial charge on any atom is -0.306 e. The smallest absolute Gasteiger partial charge is 0.0409 e. The summed E-state index contributed by atoms with van der Waals surface area (Å²) in [5, 5.41) is 4.80. The third-order valence-electron chi connectivity index (χ3n) is 6.20. The van der Waals surface area contributed by atoms with E-state index in [1.54, 1.807) is 0 Å². The van der Waals surface area contributed by atoms with Crippen molar-refractivity contribution in [3.63, 3.8) is 0 Å². The highest BCUT2D eigenvalue weighted by Gasteiger charge is 2.65. The SMILES string of the molecule is CC1(C)Cc2ccc(Cl)cc2C1NC1C(C)(C)C1(C)C. The van der Waals surface area contributed by atoms with Crippen molar-refractivity contribution >= 4 is 11.6 Å². The van der Waals surface area contributed by atoms with Crippen LogP contribution in [0.4, 0.5) is 0 Å². The van der Waals surface area contributed by atoms with Crippen LogP contribution in [0.25, 0.3) is 0 Å². The van der Waals surface area contributed by atoms with E-state index in [2.05, 4.69) is 59.0 Å². The molecule has 1 fully saturated rings. The summed E-state index contributed by atoms with van der Waals surface area (Å²) in [6.45, 7) is 14.2. The molecule has 0 amide bonds. The van der Waals surface area contributed by atoms with Crippen molar-refractivity contribution in [2.45, 2.75) is 60.0 Å². The number of hydrogen-bond acceptors (Lipinski definition) is 1. The van der Waals surface area contributed by atoms with Crippen LogP contribution in [0.3, 0.4) is 0 Å². The zero-order valence-electron chi connectivity index (χ0n) is 13.5. The molecular weight excluding hydrogens is 266 g/mol. The maximum atomic E-state index is 6.22. The monoisotopic (exact) mass is 291 g/mol. The third kappa shape index (κ3) is 1.86. The minimum atomic E-state index is 0.252. The lowest BCUT2D eigenvalue weighted by Gasteiger charge is -2.30. The summed E-state index contributed by atoms with van der Waals surface area (Å²) >= 11 is 6.22. The molecule has 0 aromatic heterocycles. The van der Waals surface area contributed by atoms with E-state index in [4.69, 9.17) is 11.6 Å². The van der Waals surface area contributed by atoms with Gasteiger partial charge in [0.2, 0.25) is 0 Å². The van der Waals surface area contributed by atoms with Gasteiger partial charge in [-0.05, 0) is 45.9 Å². The predicted molar refractivity (Wildman–Crippen MR) is 86.2 cm³/mol. The van der Waals surface area contributed by atoms with E-state index in [-0.39, 0.29) is 5.41 Å². The summed E-state index contributed by atoms with van der Waals surface area (Å²) < 4.78 is 0. The standard InChI is InChI=1S/C18H26ClN/c1-16(2)10-11-7-8-12(19)9-13(11)14(16)20-15-17(3,4)18(15,5)6/h7-9,14-15,20H,10H2,1-6H3. The average Bonchev–Trinajstić information content (AvgIpc) is 2.58. The van der Waals surface area contributed by atoms with Crippen LogP contribution in [-0.2, 0) is 6.42 Å². The highest BCUT2D eigenvalue weighted by Crippen LogP contribution is 2.64. The molecule has 2 heteroatoms. The maximum Gasteiger partial charge on any atom is 0.0409 e. The van der Waals surface area contributed by atoms with Gasteiger partial charge >= 0.3 is 0 Å². The van der Waals surface area contributed by atoms with Crippen molar-refractivity contribution in [3.8, 4) is 0 Å². The molecule has 0 bridgehead atoms. The van der Waals surface area contributed by atoms with E-state index in [9.17, 15) is 0 Å². The van der Waals surface area contributed by atoms with Crippen LogP contribution < -0.4 is 5.32 Å². The van der Waals surface area contributed by atoms with Crippen LogP contribution >= 0.6 is 11.6 Å². The summed E-state index contributed by atoms with van der Waals surface area (Å²) in [7, 11) is 0. The first-order valence-electron chi connectivity index (χ1n) is 7.62. The summed E-state index contributed by atoms with van der Waals surface area (Å²) in [6, 6.07) is 7.35. The van der Waals surface area contributed by atoms with Gasteiger partial charge in [-0.3, -0.25) is 0 Å². The molecule has 1 saturated carbocycles.